The number of hydrogen-bond acceptors (Lipinski definition) is 9. The number of aliphatic hydroxyl groups is 1. The van der Waals surface area contributed by atoms with E-state index in [0.717, 1.165) is 82.7 Å². The molecular formula is C26H40N4O9. The van der Waals surface area contributed by atoms with Crippen molar-refractivity contribution in [1.82, 2.24) is 19.6 Å². The first kappa shape index (κ1) is 32.0. The number of carboxylic acids is 3. The lowest BCUT2D eigenvalue weighted by atomic mass is 9.96. The third kappa shape index (κ3) is 11.2. The molecule has 2 aromatic heterocycles. The highest BCUT2D eigenvalue weighted by molar-refractivity contribution is 5.88. The quantitative estimate of drug-likeness (QED) is 0.266. The van der Waals surface area contributed by atoms with E-state index in [-0.39, 0.29) is 0 Å². The van der Waals surface area contributed by atoms with Crippen molar-refractivity contribution in [3.63, 3.8) is 0 Å². The second-order valence-corrected chi connectivity index (χ2v) is 9.60. The molecular weight excluding hydrogens is 512 g/mol. The number of hydrogen-bond donors (Lipinski definition) is 4. The molecule has 0 amide bonds. The Morgan fingerprint density at radius 2 is 1.69 bits per heavy atom. The molecule has 3 heterocycles. The van der Waals surface area contributed by atoms with E-state index < -0.39 is 36.4 Å². The van der Waals surface area contributed by atoms with E-state index >= 15 is 0 Å². The first-order chi connectivity index (χ1) is 18.4. The van der Waals surface area contributed by atoms with Crippen LogP contribution in [0.3, 0.4) is 0 Å². The van der Waals surface area contributed by atoms with E-state index in [2.05, 4.69) is 41.0 Å². The van der Waals surface area contributed by atoms with E-state index in [0.29, 0.717) is 0 Å². The average Bonchev–Trinajstić information content (AvgIpc) is 3.43. The van der Waals surface area contributed by atoms with Gasteiger partial charge in [0.2, 0.25) is 0 Å². The molecule has 2 aromatic rings. The standard InChI is InChI=1S/C20H32N4O2.C6H8O7/c1-4-24-15-19(18(3)21-24)14-23(16-20-7-6-17(2)26-20)9-5-8-22-10-12-25-13-11-22;7-3(8)1-6(13,5(11)12)2-4(9)10/h6-7,15H,4-5,8-14,16H2,1-3H3;13H,1-2H2,(H,7,8)(H,9,10)(H,11,12). The molecule has 218 valence electrons. The smallest absolute Gasteiger partial charge is 0.336 e. The van der Waals surface area contributed by atoms with Crippen LogP contribution in [0.2, 0.25) is 0 Å². The Balaban J connectivity index is 0.000000349. The highest BCUT2D eigenvalue weighted by atomic mass is 16.5. The van der Waals surface area contributed by atoms with Gasteiger partial charge in [0.05, 0.1) is 38.3 Å². The highest BCUT2D eigenvalue weighted by Gasteiger charge is 2.40. The van der Waals surface area contributed by atoms with Gasteiger partial charge in [0.25, 0.3) is 0 Å². The average molecular weight is 553 g/mol. The number of furan rings is 1. The summed E-state index contributed by atoms with van der Waals surface area (Å²) in [6, 6.07) is 4.13. The molecule has 0 atom stereocenters. The molecule has 1 aliphatic heterocycles. The van der Waals surface area contributed by atoms with Gasteiger partial charge < -0.3 is 29.6 Å². The molecule has 0 radical (unpaired) electrons. The molecule has 39 heavy (non-hydrogen) atoms. The predicted octanol–water partition coefficient (Wildman–Crippen LogP) is 1.59. The summed E-state index contributed by atoms with van der Waals surface area (Å²) in [5.41, 5.74) is -0.306. The van der Waals surface area contributed by atoms with Crippen molar-refractivity contribution >= 4 is 17.9 Å². The van der Waals surface area contributed by atoms with Crippen LogP contribution < -0.4 is 0 Å². The lowest BCUT2D eigenvalue weighted by molar-refractivity contribution is -0.170. The first-order valence-corrected chi connectivity index (χ1v) is 12.9. The van der Waals surface area contributed by atoms with Crippen LogP contribution in [0, 0.1) is 13.8 Å². The van der Waals surface area contributed by atoms with Gasteiger partial charge in [-0.15, -0.1) is 0 Å². The van der Waals surface area contributed by atoms with Crippen LogP contribution in [0.15, 0.2) is 22.7 Å². The summed E-state index contributed by atoms with van der Waals surface area (Å²) in [5, 5.41) is 38.4. The number of aromatic nitrogens is 2. The van der Waals surface area contributed by atoms with Crippen LogP contribution in [0.1, 0.15) is 49.0 Å². The molecule has 0 spiro atoms. The molecule has 1 aliphatic rings. The van der Waals surface area contributed by atoms with E-state index in [1.54, 1.807) is 0 Å². The Kier molecular flexibility index (Phi) is 12.6. The van der Waals surface area contributed by atoms with Crippen molar-refractivity contribution in [1.29, 1.82) is 0 Å². The number of carbonyl (C=O) groups is 3. The zero-order valence-corrected chi connectivity index (χ0v) is 22.8. The van der Waals surface area contributed by atoms with Crippen LogP contribution in [0.4, 0.5) is 0 Å². The zero-order valence-electron chi connectivity index (χ0n) is 22.8. The summed E-state index contributed by atoms with van der Waals surface area (Å²) in [6.45, 7) is 14.9. The van der Waals surface area contributed by atoms with Gasteiger partial charge in [-0.25, -0.2) is 4.79 Å². The van der Waals surface area contributed by atoms with Crippen molar-refractivity contribution in [3.05, 3.63) is 41.1 Å². The molecule has 1 saturated heterocycles. The molecule has 0 unspecified atom stereocenters. The number of morpholine rings is 1. The third-order valence-corrected chi connectivity index (χ3v) is 6.28. The van der Waals surface area contributed by atoms with Crippen LogP contribution in [-0.2, 0) is 38.8 Å². The minimum absolute atomic E-state index is 0.841. The van der Waals surface area contributed by atoms with E-state index in [1.165, 1.54) is 5.56 Å². The fourth-order valence-electron chi connectivity index (χ4n) is 4.18. The van der Waals surface area contributed by atoms with E-state index in [1.807, 2.05) is 17.7 Å². The number of aliphatic carboxylic acids is 3. The molecule has 13 heteroatoms. The Hall–Kier alpha value is -3.26. The van der Waals surface area contributed by atoms with Gasteiger partial charge in [-0.1, -0.05) is 0 Å². The number of aryl methyl sites for hydroxylation is 3. The molecule has 0 bridgehead atoms. The van der Waals surface area contributed by atoms with E-state index in [9.17, 15) is 14.4 Å². The van der Waals surface area contributed by atoms with E-state index in [4.69, 9.17) is 29.6 Å². The minimum Gasteiger partial charge on any atom is -0.481 e. The lowest BCUT2D eigenvalue weighted by Gasteiger charge is -2.28. The summed E-state index contributed by atoms with van der Waals surface area (Å²) >= 11 is 0. The molecule has 0 aliphatic carbocycles. The fraction of sp³-hybridized carbons (Fsp3) is 0.615. The van der Waals surface area contributed by atoms with Gasteiger partial charge >= 0.3 is 17.9 Å². The summed E-state index contributed by atoms with van der Waals surface area (Å²) in [5.74, 6) is -3.01. The maximum atomic E-state index is 10.3. The minimum atomic E-state index is -2.74. The van der Waals surface area contributed by atoms with Crippen molar-refractivity contribution in [2.24, 2.45) is 0 Å². The summed E-state index contributed by atoms with van der Waals surface area (Å²) in [6.07, 6.45) is 1.04. The van der Waals surface area contributed by atoms with Gasteiger partial charge in [0.1, 0.15) is 11.5 Å². The zero-order chi connectivity index (χ0) is 29.0. The van der Waals surface area contributed by atoms with Crippen molar-refractivity contribution in [2.75, 3.05) is 39.4 Å². The molecule has 0 aromatic carbocycles. The molecule has 0 saturated carbocycles. The second kappa shape index (κ2) is 15.4. The fourth-order valence-corrected chi connectivity index (χ4v) is 4.18. The Labute approximate surface area is 227 Å². The van der Waals surface area contributed by atoms with Crippen molar-refractivity contribution < 1.29 is 44.0 Å². The molecule has 13 nitrogen and oxygen atoms in total. The van der Waals surface area contributed by atoms with Crippen LogP contribution in [0.25, 0.3) is 0 Å². The number of carboxylic acid groups (broad SMARTS) is 3. The van der Waals surface area contributed by atoms with Gasteiger partial charge in [-0.2, -0.15) is 5.10 Å². The monoisotopic (exact) mass is 552 g/mol. The van der Waals surface area contributed by atoms with Crippen LogP contribution in [0.5, 0.6) is 0 Å². The predicted molar refractivity (Wildman–Crippen MR) is 139 cm³/mol. The molecule has 4 N–H and O–H groups in total. The van der Waals surface area contributed by atoms with Gasteiger partial charge in [0, 0.05) is 44.5 Å². The first-order valence-electron chi connectivity index (χ1n) is 12.9. The maximum Gasteiger partial charge on any atom is 0.336 e. The second-order valence-electron chi connectivity index (χ2n) is 9.60. The Morgan fingerprint density at radius 3 is 2.18 bits per heavy atom. The number of nitrogens with zero attached hydrogens (tertiary/aromatic N) is 4. The normalized spacial score (nSPS) is 14.2. The number of ether oxygens (including phenoxy) is 1. The van der Waals surface area contributed by atoms with Gasteiger partial charge in [-0.05, 0) is 45.9 Å². The SMILES string of the molecule is CCn1cc(CN(CCCN2CCOCC2)Cc2ccc(C)o2)c(C)n1.O=C(O)CC(O)(CC(=O)O)C(=O)O. The molecule has 1 fully saturated rings. The van der Waals surface area contributed by atoms with Crippen LogP contribution in [-0.4, -0.2) is 103 Å². The van der Waals surface area contributed by atoms with Crippen molar-refractivity contribution in [3.8, 4) is 0 Å². The topological polar surface area (TPSA) is 179 Å². The van der Waals surface area contributed by atoms with Gasteiger partial charge in [-0.3, -0.25) is 24.1 Å². The Bertz CT molecular complexity index is 1060. The van der Waals surface area contributed by atoms with Crippen molar-refractivity contribution in [2.45, 2.75) is 65.3 Å². The summed E-state index contributed by atoms with van der Waals surface area (Å²) < 4.78 is 13.3. The van der Waals surface area contributed by atoms with Gasteiger partial charge in [0.15, 0.2) is 5.60 Å². The Morgan fingerprint density at radius 1 is 1.05 bits per heavy atom. The van der Waals surface area contributed by atoms with Crippen LogP contribution >= 0.6 is 0 Å². The number of rotatable bonds is 14. The maximum absolute atomic E-state index is 10.3. The highest BCUT2D eigenvalue weighted by Crippen LogP contribution is 2.17. The largest absolute Gasteiger partial charge is 0.481 e. The lowest BCUT2D eigenvalue weighted by Crippen LogP contribution is -2.42. The summed E-state index contributed by atoms with van der Waals surface area (Å²) in [7, 11) is 0. The summed E-state index contributed by atoms with van der Waals surface area (Å²) in [4.78, 5) is 35.5. The third-order valence-electron chi connectivity index (χ3n) is 6.28. The molecule has 3 rings (SSSR count).